The van der Waals surface area contributed by atoms with E-state index in [0.29, 0.717) is 19.8 Å². The second-order valence-electron chi connectivity index (χ2n) is 7.85. The average Bonchev–Trinajstić information content (AvgIpc) is 3.08. The summed E-state index contributed by atoms with van der Waals surface area (Å²) in [5.41, 5.74) is 0.674. The van der Waals surface area contributed by atoms with Crippen LogP contribution >= 0.6 is 0 Å². The molecule has 2 rings (SSSR count). The van der Waals surface area contributed by atoms with Crippen LogP contribution < -0.4 is 10.6 Å². The van der Waals surface area contributed by atoms with Gasteiger partial charge in [0.25, 0.3) is 0 Å². The van der Waals surface area contributed by atoms with Gasteiger partial charge in [0.05, 0.1) is 25.8 Å². The van der Waals surface area contributed by atoms with Gasteiger partial charge in [-0.3, -0.25) is 4.99 Å². The van der Waals surface area contributed by atoms with E-state index in [4.69, 9.17) is 9.47 Å². The molecule has 0 aromatic heterocycles. The molecule has 1 aromatic rings. The van der Waals surface area contributed by atoms with E-state index in [1.54, 1.807) is 0 Å². The quantitative estimate of drug-likeness (QED) is 0.425. The predicted octanol–water partition coefficient (Wildman–Crippen LogP) is 2.77. The first-order valence-electron chi connectivity index (χ1n) is 10.0. The number of ether oxygens (including phenoxy) is 2. The molecule has 1 saturated heterocycles. The summed E-state index contributed by atoms with van der Waals surface area (Å²) in [7, 11) is 0. The highest BCUT2D eigenvalue weighted by Gasteiger charge is 2.27. The third kappa shape index (κ3) is 8.17. The Morgan fingerprint density at radius 3 is 2.71 bits per heavy atom. The maximum atomic E-state index is 12.0. The molecule has 7 heteroatoms. The zero-order valence-corrected chi connectivity index (χ0v) is 17.5. The number of hydrogen-bond acceptors (Lipinski definition) is 4. The number of amides is 1. The molecule has 1 heterocycles. The number of carbonyl (C=O) groups excluding carboxylic acids is 1. The van der Waals surface area contributed by atoms with Gasteiger partial charge in [0.1, 0.15) is 5.60 Å². The highest BCUT2D eigenvalue weighted by Crippen LogP contribution is 2.12. The van der Waals surface area contributed by atoms with Crippen molar-refractivity contribution in [3.8, 4) is 0 Å². The molecule has 7 nitrogen and oxygen atoms in total. The van der Waals surface area contributed by atoms with Crippen LogP contribution in [0, 0.1) is 0 Å². The van der Waals surface area contributed by atoms with Gasteiger partial charge < -0.3 is 25.0 Å². The van der Waals surface area contributed by atoms with E-state index in [9.17, 15) is 4.79 Å². The number of likely N-dealkylation sites (tertiary alicyclic amines) is 1. The van der Waals surface area contributed by atoms with Crippen LogP contribution in [0.1, 0.15) is 39.7 Å². The number of carbonyl (C=O) groups is 1. The SMILES string of the molecule is CCNC(=NCCOCc1ccccc1)N1CCC(NC(=O)OC(C)(C)C)C1. The third-order valence-electron chi connectivity index (χ3n) is 4.15. The van der Waals surface area contributed by atoms with E-state index >= 15 is 0 Å². The summed E-state index contributed by atoms with van der Waals surface area (Å²) >= 11 is 0. The van der Waals surface area contributed by atoms with Crippen LogP contribution in [0.2, 0.25) is 0 Å². The number of benzene rings is 1. The van der Waals surface area contributed by atoms with Crippen LogP contribution in [0.15, 0.2) is 35.3 Å². The van der Waals surface area contributed by atoms with E-state index in [-0.39, 0.29) is 12.1 Å². The largest absolute Gasteiger partial charge is 0.444 e. The van der Waals surface area contributed by atoms with Crippen LogP contribution in [0.3, 0.4) is 0 Å². The van der Waals surface area contributed by atoms with Crippen molar-refractivity contribution in [1.29, 1.82) is 0 Å². The summed E-state index contributed by atoms with van der Waals surface area (Å²) in [5.74, 6) is 0.860. The minimum Gasteiger partial charge on any atom is -0.444 e. The Hall–Kier alpha value is -2.28. The van der Waals surface area contributed by atoms with Gasteiger partial charge in [0, 0.05) is 19.6 Å². The van der Waals surface area contributed by atoms with E-state index in [0.717, 1.165) is 37.6 Å². The van der Waals surface area contributed by atoms with Crippen LogP contribution in [-0.4, -0.2) is 61.4 Å². The zero-order valence-electron chi connectivity index (χ0n) is 17.5. The molecule has 0 bridgehead atoms. The molecule has 1 fully saturated rings. The van der Waals surface area contributed by atoms with Gasteiger partial charge in [0.2, 0.25) is 0 Å². The van der Waals surface area contributed by atoms with Crippen LogP contribution in [-0.2, 0) is 16.1 Å². The van der Waals surface area contributed by atoms with E-state index < -0.39 is 5.60 Å². The summed E-state index contributed by atoms with van der Waals surface area (Å²) in [6.07, 6.45) is 0.504. The van der Waals surface area contributed by atoms with Crippen molar-refractivity contribution in [1.82, 2.24) is 15.5 Å². The molecule has 2 N–H and O–H groups in total. The average molecular weight is 391 g/mol. The molecule has 0 saturated carbocycles. The van der Waals surface area contributed by atoms with Crippen LogP contribution in [0.4, 0.5) is 4.79 Å². The van der Waals surface area contributed by atoms with Gasteiger partial charge in [-0.15, -0.1) is 0 Å². The molecule has 1 aliphatic rings. The first kappa shape index (κ1) is 22.0. The second-order valence-corrected chi connectivity index (χ2v) is 7.85. The highest BCUT2D eigenvalue weighted by atomic mass is 16.6. The van der Waals surface area contributed by atoms with Gasteiger partial charge in [0.15, 0.2) is 5.96 Å². The third-order valence-corrected chi connectivity index (χ3v) is 4.15. The minimum absolute atomic E-state index is 0.0630. The Labute approximate surface area is 168 Å². The summed E-state index contributed by atoms with van der Waals surface area (Å²) in [6.45, 7) is 11.8. The number of hydrogen-bond donors (Lipinski definition) is 2. The lowest BCUT2D eigenvalue weighted by molar-refractivity contribution is 0.0507. The van der Waals surface area contributed by atoms with Crippen LogP contribution in [0.25, 0.3) is 0 Å². The minimum atomic E-state index is -0.488. The normalized spacial score (nSPS) is 17.5. The van der Waals surface area contributed by atoms with Crippen molar-refractivity contribution in [2.45, 2.75) is 52.4 Å². The van der Waals surface area contributed by atoms with Gasteiger partial charge in [-0.2, -0.15) is 0 Å². The lowest BCUT2D eigenvalue weighted by Gasteiger charge is -2.23. The molecule has 1 amide bonds. The fourth-order valence-corrected chi connectivity index (χ4v) is 2.95. The maximum absolute atomic E-state index is 12.0. The number of alkyl carbamates (subject to hydrolysis) is 1. The number of nitrogens with zero attached hydrogens (tertiary/aromatic N) is 2. The molecule has 156 valence electrons. The fourth-order valence-electron chi connectivity index (χ4n) is 2.95. The Morgan fingerprint density at radius 2 is 2.04 bits per heavy atom. The Bertz CT molecular complexity index is 628. The lowest BCUT2D eigenvalue weighted by atomic mass is 10.2. The number of rotatable bonds is 7. The van der Waals surface area contributed by atoms with Gasteiger partial charge in [-0.1, -0.05) is 30.3 Å². The van der Waals surface area contributed by atoms with Crippen LogP contribution in [0.5, 0.6) is 0 Å². The zero-order chi connectivity index (χ0) is 20.4. The Kier molecular flexibility index (Phi) is 8.57. The van der Waals surface area contributed by atoms with Crippen molar-refractivity contribution in [2.75, 3.05) is 32.8 Å². The Morgan fingerprint density at radius 1 is 1.29 bits per heavy atom. The Balaban J connectivity index is 1.76. The smallest absolute Gasteiger partial charge is 0.407 e. The standard InChI is InChI=1S/C21H34N4O3/c1-5-22-19(23-12-14-27-16-17-9-7-6-8-10-17)25-13-11-18(15-25)24-20(26)28-21(2,3)4/h6-10,18H,5,11-16H2,1-4H3,(H,22,23)(H,24,26). The topological polar surface area (TPSA) is 75.2 Å². The molecule has 1 aromatic carbocycles. The molecule has 1 atom stereocenters. The van der Waals surface area contributed by atoms with Gasteiger partial charge >= 0.3 is 6.09 Å². The van der Waals surface area contributed by atoms with Crippen molar-refractivity contribution < 1.29 is 14.3 Å². The summed E-state index contributed by atoms with van der Waals surface area (Å²) in [6, 6.07) is 10.2. The lowest BCUT2D eigenvalue weighted by Crippen LogP contribution is -2.44. The molecule has 0 radical (unpaired) electrons. The summed E-state index contributed by atoms with van der Waals surface area (Å²) in [4.78, 5) is 18.8. The second kappa shape index (κ2) is 10.9. The molecular weight excluding hydrogens is 356 g/mol. The van der Waals surface area contributed by atoms with Crippen molar-refractivity contribution >= 4 is 12.1 Å². The fraction of sp³-hybridized carbons (Fsp3) is 0.619. The monoisotopic (exact) mass is 390 g/mol. The molecule has 0 spiro atoms. The number of guanidine groups is 1. The molecule has 1 unspecified atom stereocenters. The van der Waals surface area contributed by atoms with Gasteiger partial charge in [-0.05, 0) is 39.7 Å². The van der Waals surface area contributed by atoms with E-state index in [1.807, 2.05) is 45.9 Å². The summed E-state index contributed by atoms with van der Waals surface area (Å²) in [5, 5.41) is 6.27. The van der Waals surface area contributed by atoms with Crippen molar-refractivity contribution in [3.63, 3.8) is 0 Å². The van der Waals surface area contributed by atoms with Gasteiger partial charge in [-0.25, -0.2) is 4.79 Å². The molecular formula is C21H34N4O3. The number of nitrogens with one attached hydrogen (secondary N) is 2. The number of aliphatic imine (C=N–C) groups is 1. The molecule has 0 aliphatic carbocycles. The summed E-state index contributed by atoms with van der Waals surface area (Å²) < 4.78 is 11.0. The van der Waals surface area contributed by atoms with Crippen molar-refractivity contribution in [3.05, 3.63) is 35.9 Å². The first-order chi connectivity index (χ1) is 13.4. The molecule has 28 heavy (non-hydrogen) atoms. The predicted molar refractivity (Wildman–Crippen MR) is 111 cm³/mol. The highest BCUT2D eigenvalue weighted by molar-refractivity contribution is 5.80. The van der Waals surface area contributed by atoms with E-state index in [1.165, 1.54) is 0 Å². The maximum Gasteiger partial charge on any atom is 0.407 e. The molecule has 1 aliphatic heterocycles. The van der Waals surface area contributed by atoms with E-state index in [2.05, 4.69) is 32.7 Å². The van der Waals surface area contributed by atoms with Crippen molar-refractivity contribution in [2.24, 2.45) is 4.99 Å². The first-order valence-corrected chi connectivity index (χ1v) is 10.0.